The highest BCUT2D eigenvalue weighted by molar-refractivity contribution is 6.23. The standard InChI is InChI=1S/C61H40O/c1-61(2)53-28-15-27-41(58(53)59-46-21-7-4-17-42(46)43-18-5-12-26-51(43)60(59)61)37-30-32-38(33-31-37)56-47-22-8-10-24-49(47)57(50-25-11-9-23-48(50)56)45-20-6-3-16-40(45)39-34-35-55-52(36-39)44-19-13-14-29-54(44)62-55/h3-36H,1-2H3. The average Bonchev–Trinajstić information content (AvgIpc) is 3.82. The van der Waals surface area contributed by atoms with Crippen molar-refractivity contribution in [2.75, 3.05) is 0 Å². The summed E-state index contributed by atoms with van der Waals surface area (Å²) in [5.74, 6) is 0. The Morgan fingerprint density at radius 2 is 0.758 bits per heavy atom. The van der Waals surface area contributed by atoms with Crippen LogP contribution < -0.4 is 0 Å². The molecule has 0 bridgehead atoms. The second-order valence-corrected chi connectivity index (χ2v) is 17.5. The number of rotatable bonds is 4. The van der Waals surface area contributed by atoms with Gasteiger partial charge in [-0.15, -0.1) is 0 Å². The van der Waals surface area contributed by atoms with Gasteiger partial charge in [-0.2, -0.15) is 0 Å². The maximum Gasteiger partial charge on any atom is 0.135 e. The monoisotopic (exact) mass is 788 g/mol. The van der Waals surface area contributed by atoms with E-state index >= 15 is 0 Å². The first-order chi connectivity index (χ1) is 30.5. The molecule has 62 heavy (non-hydrogen) atoms. The molecule has 0 spiro atoms. The fraction of sp³-hybridized carbons (Fsp3) is 0.0492. The lowest BCUT2D eigenvalue weighted by Gasteiger charge is -2.24. The third-order valence-electron chi connectivity index (χ3n) is 13.8. The largest absolute Gasteiger partial charge is 0.456 e. The molecular weight excluding hydrogens is 749 g/mol. The molecule has 0 saturated heterocycles. The number of hydrogen-bond acceptors (Lipinski definition) is 1. The number of fused-ring (bicyclic) bond motifs is 13. The van der Waals surface area contributed by atoms with Crippen molar-refractivity contribution < 1.29 is 4.42 Å². The van der Waals surface area contributed by atoms with Gasteiger partial charge < -0.3 is 4.42 Å². The Labute approximate surface area is 360 Å². The molecule has 290 valence electrons. The van der Waals surface area contributed by atoms with Gasteiger partial charge in [0.05, 0.1) is 0 Å². The highest BCUT2D eigenvalue weighted by Crippen LogP contribution is 2.57. The van der Waals surface area contributed by atoms with Crippen LogP contribution in [0.4, 0.5) is 0 Å². The predicted molar refractivity (Wildman–Crippen MR) is 263 cm³/mol. The van der Waals surface area contributed by atoms with Crippen molar-refractivity contribution >= 4 is 65.0 Å². The zero-order valence-electron chi connectivity index (χ0n) is 34.5. The van der Waals surface area contributed by atoms with Gasteiger partial charge in [-0.1, -0.05) is 202 Å². The van der Waals surface area contributed by atoms with E-state index in [1.54, 1.807) is 0 Å². The summed E-state index contributed by atoms with van der Waals surface area (Å²) in [5, 5.41) is 12.6. The molecule has 0 fully saturated rings. The molecule has 1 aliphatic rings. The van der Waals surface area contributed by atoms with Crippen LogP contribution in [0.1, 0.15) is 25.0 Å². The van der Waals surface area contributed by atoms with E-state index in [0.29, 0.717) is 0 Å². The Morgan fingerprint density at radius 1 is 0.290 bits per heavy atom. The second-order valence-electron chi connectivity index (χ2n) is 17.5. The van der Waals surface area contributed by atoms with Gasteiger partial charge >= 0.3 is 0 Å². The van der Waals surface area contributed by atoms with Crippen molar-refractivity contribution in [1.29, 1.82) is 0 Å². The summed E-state index contributed by atoms with van der Waals surface area (Å²) in [4.78, 5) is 0. The maximum atomic E-state index is 6.23. The zero-order valence-corrected chi connectivity index (χ0v) is 34.5. The lowest BCUT2D eigenvalue weighted by atomic mass is 9.79. The molecule has 12 aromatic rings. The van der Waals surface area contributed by atoms with Crippen LogP contribution in [0.15, 0.2) is 211 Å². The third kappa shape index (κ3) is 4.91. The predicted octanol–water partition coefficient (Wildman–Crippen LogP) is 17.2. The molecule has 1 heterocycles. The van der Waals surface area contributed by atoms with E-state index in [9.17, 15) is 0 Å². The van der Waals surface area contributed by atoms with Crippen molar-refractivity contribution in [1.82, 2.24) is 0 Å². The number of hydrogen-bond donors (Lipinski definition) is 0. The first-order valence-electron chi connectivity index (χ1n) is 21.7. The van der Waals surface area contributed by atoms with Crippen LogP contribution in [0, 0.1) is 0 Å². The van der Waals surface area contributed by atoms with E-state index in [-0.39, 0.29) is 5.41 Å². The van der Waals surface area contributed by atoms with E-state index in [2.05, 4.69) is 208 Å². The smallest absolute Gasteiger partial charge is 0.135 e. The molecule has 0 unspecified atom stereocenters. The number of para-hydroxylation sites is 1. The highest BCUT2D eigenvalue weighted by Gasteiger charge is 2.39. The summed E-state index contributed by atoms with van der Waals surface area (Å²) >= 11 is 0. The fourth-order valence-corrected chi connectivity index (χ4v) is 11.2. The molecule has 1 heteroatoms. The molecule has 0 amide bonds. The summed E-state index contributed by atoms with van der Waals surface area (Å²) in [5.41, 5.74) is 17.1. The van der Waals surface area contributed by atoms with E-state index in [0.717, 1.165) is 21.9 Å². The summed E-state index contributed by atoms with van der Waals surface area (Å²) in [7, 11) is 0. The first-order valence-corrected chi connectivity index (χ1v) is 21.7. The van der Waals surface area contributed by atoms with Crippen molar-refractivity contribution in [2.24, 2.45) is 0 Å². The molecule has 0 radical (unpaired) electrons. The molecule has 13 rings (SSSR count). The summed E-state index contributed by atoms with van der Waals surface area (Å²) < 4.78 is 6.23. The topological polar surface area (TPSA) is 13.1 Å². The Bertz CT molecular complexity index is 3770. The van der Waals surface area contributed by atoms with E-state index < -0.39 is 0 Å². The molecule has 11 aromatic carbocycles. The van der Waals surface area contributed by atoms with Crippen molar-refractivity contribution in [3.05, 3.63) is 217 Å². The van der Waals surface area contributed by atoms with Crippen LogP contribution >= 0.6 is 0 Å². The lowest BCUT2D eigenvalue weighted by molar-refractivity contribution is 0.666. The van der Waals surface area contributed by atoms with Crippen molar-refractivity contribution in [2.45, 2.75) is 19.3 Å². The van der Waals surface area contributed by atoms with Gasteiger partial charge in [0.15, 0.2) is 0 Å². The van der Waals surface area contributed by atoms with Gasteiger partial charge in [-0.05, 0) is 128 Å². The van der Waals surface area contributed by atoms with E-state index in [4.69, 9.17) is 4.42 Å². The van der Waals surface area contributed by atoms with Crippen LogP contribution in [0.3, 0.4) is 0 Å². The normalized spacial score (nSPS) is 13.1. The Hall–Kier alpha value is -7.74. The van der Waals surface area contributed by atoms with Crippen molar-refractivity contribution in [3.8, 4) is 55.6 Å². The molecule has 0 saturated carbocycles. The lowest BCUT2D eigenvalue weighted by Crippen LogP contribution is -2.15. The highest BCUT2D eigenvalue weighted by atomic mass is 16.3. The van der Waals surface area contributed by atoms with Gasteiger partial charge in [0.25, 0.3) is 0 Å². The van der Waals surface area contributed by atoms with Gasteiger partial charge in [0.2, 0.25) is 0 Å². The molecule has 1 aliphatic carbocycles. The van der Waals surface area contributed by atoms with Crippen LogP contribution in [0.25, 0.3) is 121 Å². The van der Waals surface area contributed by atoms with Crippen LogP contribution in [-0.4, -0.2) is 0 Å². The third-order valence-corrected chi connectivity index (χ3v) is 13.8. The quantitative estimate of drug-likeness (QED) is 0.128. The zero-order chi connectivity index (χ0) is 41.1. The first kappa shape index (κ1) is 35.1. The van der Waals surface area contributed by atoms with Crippen LogP contribution in [0.5, 0.6) is 0 Å². The van der Waals surface area contributed by atoms with Gasteiger partial charge in [0.1, 0.15) is 11.2 Å². The molecule has 0 aliphatic heterocycles. The molecule has 0 N–H and O–H groups in total. The molecule has 1 nitrogen and oxygen atoms in total. The summed E-state index contributed by atoms with van der Waals surface area (Å²) in [6, 6.07) is 76.1. The summed E-state index contributed by atoms with van der Waals surface area (Å²) in [6.45, 7) is 4.81. The second kappa shape index (κ2) is 13.1. The minimum Gasteiger partial charge on any atom is -0.456 e. The number of benzene rings is 11. The van der Waals surface area contributed by atoms with E-state index in [1.807, 2.05) is 12.1 Å². The summed E-state index contributed by atoms with van der Waals surface area (Å²) in [6.07, 6.45) is 0. The Kier molecular flexibility index (Phi) is 7.42. The van der Waals surface area contributed by atoms with Gasteiger partial charge in [0, 0.05) is 16.2 Å². The van der Waals surface area contributed by atoms with E-state index in [1.165, 1.54) is 110 Å². The maximum absolute atomic E-state index is 6.23. The van der Waals surface area contributed by atoms with Crippen LogP contribution in [-0.2, 0) is 5.41 Å². The molecular formula is C61H40O. The molecule has 1 aromatic heterocycles. The van der Waals surface area contributed by atoms with Gasteiger partial charge in [-0.3, -0.25) is 0 Å². The number of furan rings is 1. The Morgan fingerprint density at radius 3 is 1.44 bits per heavy atom. The SMILES string of the molecule is CC1(C)c2cccc(-c3ccc(-c4c5ccccc5c(-c5ccccc5-c5ccc6oc7ccccc7c6c5)c5ccccc45)cc3)c2-c2c1c1ccccc1c1ccccc21. The minimum atomic E-state index is -0.150. The minimum absolute atomic E-state index is 0.150. The van der Waals surface area contributed by atoms with Gasteiger partial charge in [-0.25, -0.2) is 0 Å². The van der Waals surface area contributed by atoms with Crippen molar-refractivity contribution in [3.63, 3.8) is 0 Å². The Balaban J connectivity index is 0.989. The molecule has 0 atom stereocenters. The fourth-order valence-electron chi connectivity index (χ4n) is 11.2. The average molecular weight is 789 g/mol. The van der Waals surface area contributed by atoms with Crippen LogP contribution in [0.2, 0.25) is 0 Å².